The number of rotatable bonds is 13. The molecule has 0 aliphatic rings. The van der Waals surface area contributed by atoms with Crippen molar-refractivity contribution in [2.75, 3.05) is 45.1 Å². The summed E-state index contributed by atoms with van der Waals surface area (Å²) >= 11 is 6.60. The highest BCUT2D eigenvalue weighted by Gasteiger charge is 2.34. The van der Waals surface area contributed by atoms with E-state index in [-0.39, 0.29) is 58.0 Å². The molecule has 0 spiro atoms. The van der Waals surface area contributed by atoms with Crippen LogP contribution >= 0.6 is 11.6 Å². The third-order valence-electron chi connectivity index (χ3n) is 8.12. The fraction of sp³-hybridized carbons (Fsp3) is 0.297. The number of nitriles is 1. The monoisotopic (exact) mass is 728 g/mol. The van der Waals surface area contributed by atoms with Crippen LogP contribution in [0.25, 0.3) is 5.69 Å². The fourth-order valence-electron chi connectivity index (χ4n) is 5.71. The Hall–Kier alpha value is -5.94. The highest BCUT2D eigenvalue weighted by molar-refractivity contribution is 6.30. The number of nitrogens with one attached hydrogen (secondary N) is 1. The van der Waals surface area contributed by atoms with Crippen LogP contribution in [0.3, 0.4) is 0 Å². The van der Waals surface area contributed by atoms with E-state index in [1.165, 1.54) is 47.0 Å². The van der Waals surface area contributed by atoms with E-state index in [0.717, 1.165) is 5.56 Å². The molecule has 0 aliphatic carbocycles. The molecule has 5 aromatic rings. The number of hydrogen-bond acceptors (Lipinski definition) is 11. The average molecular weight is 729 g/mol. The van der Waals surface area contributed by atoms with Gasteiger partial charge in [-0.25, -0.2) is 18.9 Å². The number of aromatic nitrogens is 5. The summed E-state index contributed by atoms with van der Waals surface area (Å²) < 4.78 is 34.7. The molecule has 0 amide bonds. The van der Waals surface area contributed by atoms with Crippen LogP contribution in [0.5, 0.6) is 11.6 Å². The highest BCUT2D eigenvalue weighted by atomic mass is 35.5. The smallest absolute Gasteiger partial charge is 0.359 e. The number of hydrogen-bond donors (Lipinski definition) is 1. The zero-order chi connectivity index (χ0) is 37.7. The molecule has 2 aromatic carbocycles. The Morgan fingerprint density at radius 1 is 1.12 bits per heavy atom. The molecule has 3 aromatic heterocycles. The third-order valence-corrected chi connectivity index (χ3v) is 8.33. The molecule has 1 unspecified atom stereocenters. The van der Waals surface area contributed by atoms with Gasteiger partial charge in [-0.2, -0.15) is 15.3 Å². The average Bonchev–Trinajstić information content (AvgIpc) is 3.53. The van der Waals surface area contributed by atoms with Crippen LogP contribution in [0.15, 0.2) is 65.7 Å². The van der Waals surface area contributed by atoms with Gasteiger partial charge in [-0.15, -0.1) is 0 Å². The maximum absolute atomic E-state index is 15.4. The van der Waals surface area contributed by atoms with Gasteiger partial charge in [-0.1, -0.05) is 43.6 Å². The Morgan fingerprint density at radius 3 is 2.44 bits per heavy atom. The van der Waals surface area contributed by atoms with E-state index in [1.807, 2.05) is 32.0 Å². The molecule has 15 heteroatoms. The lowest BCUT2D eigenvalue weighted by atomic mass is 9.91. The first-order valence-corrected chi connectivity index (χ1v) is 16.7. The first-order valence-electron chi connectivity index (χ1n) is 16.3. The number of benzene rings is 2. The largest absolute Gasteiger partial charge is 0.497 e. The number of esters is 1. The van der Waals surface area contributed by atoms with E-state index in [4.69, 9.17) is 30.9 Å². The third kappa shape index (κ3) is 7.69. The van der Waals surface area contributed by atoms with Gasteiger partial charge in [0.15, 0.2) is 5.69 Å². The second-order valence-corrected chi connectivity index (χ2v) is 12.6. The minimum absolute atomic E-state index is 0.0417. The zero-order valence-corrected chi connectivity index (χ0v) is 30.5. The predicted octanol–water partition coefficient (Wildman–Crippen LogP) is 6.12. The summed E-state index contributed by atoms with van der Waals surface area (Å²) in [5, 5.41) is 17.7. The summed E-state index contributed by atoms with van der Waals surface area (Å²) in [6.07, 6.45) is 3.04. The number of carbonyl (C=O) groups excluding carboxylic acids is 1. The quantitative estimate of drug-likeness (QED) is 0.140. The van der Waals surface area contributed by atoms with Crippen LogP contribution in [0, 0.1) is 17.1 Å². The van der Waals surface area contributed by atoms with Crippen LogP contribution in [-0.4, -0.2) is 65.2 Å². The summed E-state index contributed by atoms with van der Waals surface area (Å²) in [4.78, 5) is 38.5. The van der Waals surface area contributed by atoms with Gasteiger partial charge in [0.2, 0.25) is 11.8 Å². The van der Waals surface area contributed by atoms with Crippen molar-refractivity contribution in [3.63, 3.8) is 0 Å². The molecule has 270 valence electrons. The molecule has 1 N–H and O–H groups in total. The first-order chi connectivity index (χ1) is 24.9. The van der Waals surface area contributed by atoms with Crippen LogP contribution in [0.2, 0.25) is 5.02 Å². The van der Waals surface area contributed by atoms with Crippen molar-refractivity contribution in [1.29, 1.82) is 5.26 Å². The molecule has 52 heavy (non-hydrogen) atoms. The molecule has 0 fully saturated rings. The second kappa shape index (κ2) is 15.9. The van der Waals surface area contributed by atoms with Crippen molar-refractivity contribution in [2.24, 2.45) is 0 Å². The summed E-state index contributed by atoms with van der Waals surface area (Å²) in [5.41, 5.74) is 1.54. The van der Waals surface area contributed by atoms with E-state index >= 15 is 4.39 Å². The van der Waals surface area contributed by atoms with Crippen molar-refractivity contribution >= 4 is 29.2 Å². The SMILES string of the molecule is CCOC(=O)c1nn(-c2cnc(N(C)C)nc2OC)c(C(C)C)c1C(Nc1cc(Cl)cn(Cc2ccc(OC)cc2)c1=O)c1ccc(C#N)c(F)c1. The van der Waals surface area contributed by atoms with Gasteiger partial charge in [0.05, 0.1) is 55.9 Å². The minimum atomic E-state index is -1.10. The number of nitrogens with zero attached hydrogens (tertiary/aromatic N) is 7. The molecule has 13 nitrogen and oxygen atoms in total. The van der Waals surface area contributed by atoms with Crippen molar-refractivity contribution in [3.05, 3.63) is 116 Å². The lowest BCUT2D eigenvalue weighted by Gasteiger charge is -2.24. The topological polar surface area (TPSA) is 149 Å². The van der Waals surface area contributed by atoms with Crippen molar-refractivity contribution < 1.29 is 23.4 Å². The van der Waals surface area contributed by atoms with E-state index in [1.54, 1.807) is 51.2 Å². The maximum atomic E-state index is 15.4. The normalized spacial score (nSPS) is 11.6. The Kier molecular flexibility index (Phi) is 11.4. The molecule has 0 bridgehead atoms. The van der Waals surface area contributed by atoms with E-state index in [2.05, 4.69) is 15.3 Å². The molecule has 0 saturated carbocycles. The first kappa shape index (κ1) is 37.3. The summed E-state index contributed by atoms with van der Waals surface area (Å²) in [7, 11) is 6.59. The second-order valence-electron chi connectivity index (χ2n) is 12.2. The molecule has 0 saturated heterocycles. The number of ether oxygens (including phenoxy) is 3. The van der Waals surface area contributed by atoms with Gasteiger partial charge < -0.3 is 29.0 Å². The Bertz CT molecular complexity index is 2190. The van der Waals surface area contributed by atoms with E-state index in [0.29, 0.717) is 23.1 Å². The molecular formula is C37H38ClFN8O5. The molecular weight excluding hydrogens is 691 g/mol. The highest BCUT2D eigenvalue weighted by Crippen LogP contribution is 2.38. The Balaban J connectivity index is 1.77. The molecule has 1 atom stereocenters. The van der Waals surface area contributed by atoms with Crippen LogP contribution in [0.4, 0.5) is 16.0 Å². The number of halogens is 2. The number of pyridine rings is 1. The van der Waals surface area contributed by atoms with Crippen LogP contribution in [-0.2, 0) is 11.3 Å². The van der Waals surface area contributed by atoms with Gasteiger partial charge in [0.1, 0.15) is 29.0 Å². The number of carbonyl (C=O) groups is 1. The van der Waals surface area contributed by atoms with Crippen molar-refractivity contribution in [2.45, 2.75) is 39.3 Å². The predicted molar refractivity (Wildman–Crippen MR) is 194 cm³/mol. The van der Waals surface area contributed by atoms with Gasteiger partial charge in [0, 0.05) is 25.9 Å². The standard InChI is InChI=1S/C37H38ClFN8O5/c1-8-52-36(49)32-30(33(21(2)3)47(44-32)29-18-41-37(45(4)5)43-34(29)51-7)31(23-11-12-24(17-40)27(39)15-23)42-28-16-25(38)20-46(35(28)48)19-22-9-13-26(50-6)14-10-22/h9-16,18,20-21,31,42H,8,19H2,1-7H3. The Morgan fingerprint density at radius 2 is 1.85 bits per heavy atom. The summed E-state index contributed by atoms with van der Waals surface area (Å²) in [6.45, 7) is 5.67. The molecule has 0 aliphatic heterocycles. The summed E-state index contributed by atoms with van der Waals surface area (Å²) in [6, 6.07) is 13.5. The lowest BCUT2D eigenvalue weighted by molar-refractivity contribution is 0.0517. The lowest BCUT2D eigenvalue weighted by Crippen LogP contribution is -2.27. The van der Waals surface area contributed by atoms with Gasteiger partial charge in [0.25, 0.3) is 5.56 Å². The van der Waals surface area contributed by atoms with Gasteiger partial charge in [-0.3, -0.25) is 4.79 Å². The van der Waals surface area contributed by atoms with E-state index in [9.17, 15) is 14.9 Å². The molecule has 5 rings (SSSR count). The van der Waals surface area contributed by atoms with Crippen LogP contribution < -0.4 is 25.2 Å². The minimum Gasteiger partial charge on any atom is -0.497 e. The fourth-order valence-corrected chi connectivity index (χ4v) is 5.93. The zero-order valence-electron chi connectivity index (χ0n) is 29.8. The van der Waals surface area contributed by atoms with Gasteiger partial charge in [-0.05, 0) is 54.3 Å². The van der Waals surface area contributed by atoms with Crippen molar-refractivity contribution in [1.82, 2.24) is 24.3 Å². The number of anilines is 2. The van der Waals surface area contributed by atoms with Crippen LogP contribution in [0.1, 0.15) is 71.2 Å². The van der Waals surface area contributed by atoms with Gasteiger partial charge >= 0.3 is 5.97 Å². The Labute approximate surface area is 305 Å². The molecule has 3 heterocycles. The maximum Gasteiger partial charge on any atom is 0.359 e. The summed E-state index contributed by atoms with van der Waals surface area (Å²) in [5.74, 6) is -0.659. The van der Waals surface area contributed by atoms with E-state index < -0.39 is 23.4 Å². The van der Waals surface area contributed by atoms with Crippen molar-refractivity contribution in [3.8, 4) is 23.4 Å². The number of methoxy groups -OCH3 is 2. The molecule has 0 radical (unpaired) electrons.